The lowest BCUT2D eigenvalue weighted by molar-refractivity contribution is 0.593. The number of sulfonamides is 1. The van der Waals surface area contributed by atoms with Crippen molar-refractivity contribution in [2.24, 2.45) is 0 Å². The Morgan fingerprint density at radius 1 is 1.24 bits per heavy atom. The van der Waals surface area contributed by atoms with E-state index in [0.717, 1.165) is 11.0 Å². The summed E-state index contributed by atoms with van der Waals surface area (Å²) in [6.07, 6.45) is 1.58. The van der Waals surface area contributed by atoms with Crippen LogP contribution in [0.2, 0.25) is 0 Å². The summed E-state index contributed by atoms with van der Waals surface area (Å²) in [5, 5.41) is 6.66. The van der Waals surface area contributed by atoms with Crippen molar-refractivity contribution in [1.82, 2.24) is 20.2 Å². The minimum absolute atomic E-state index is 0.217. The zero-order chi connectivity index (χ0) is 15.2. The Morgan fingerprint density at radius 2 is 2.00 bits per heavy atom. The summed E-state index contributed by atoms with van der Waals surface area (Å²) in [5.41, 5.74) is 3.13. The van der Waals surface area contributed by atoms with E-state index in [4.69, 9.17) is 0 Å². The predicted octanol–water partition coefficient (Wildman–Crippen LogP) is 1.73. The number of hydrogen-bond donors (Lipinski definition) is 2. The first kappa shape index (κ1) is 13.6. The van der Waals surface area contributed by atoms with Crippen LogP contribution >= 0.6 is 0 Å². The van der Waals surface area contributed by atoms with Gasteiger partial charge in [0.15, 0.2) is 0 Å². The third kappa shape index (κ3) is 2.07. The van der Waals surface area contributed by atoms with Crippen molar-refractivity contribution in [2.45, 2.75) is 18.7 Å². The van der Waals surface area contributed by atoms with Crippen LogP contribution in [0.4, 0.5) is 5.69 Å². The molecule has 0 aliphatic rings. The van der Waals surface area contributed by atoms with E-state index in [1.807, 2.05) is 0 Å². The Labute approximate surface area is 122 Å². The average molecular weight is 305 g/mol. The van der Waals surface area contributed by atoms with Gasteiger partial charge in [-0.05, 0) is 32.0 Å². The van der Waals surface area contributed by atoms with Crippen molar-refractivity contribution in [1.29, 1.82) is 0 Å². The Balaban J connectivity index is 2.10. The van der Waals surface area contributed by atoms with E-state index in [-0.39, 0.29) is 4.90 Å². The number of hydrogen-bond acceptors (Lipinski definition) is 4. The predicted molar refractivity (Wildman–Crippen MR) is 79.7 cm³/mol. The van der Waals surface area contributed by atoms with Crippen LogP contribution in [0.1, 0.15) is 11.4 Å². The van der Waals surface area contributed by atoms with Crippen molar-refractivity contribution in [2.75, 3.05) is 11.4 Å². The summed E-state index contributed by atoms with van der Waals surface area (Å²) in [4.78, 5) is 7.31. The van der Waals surface area contributed by atoms with Crippen LogP contribution in [0, 0.1) is 13.8 Å². The van der Waals surface area contributed by atoms with E-state index < -0.39 is 10.0 Å². The Kier molecular flexibility index (Phi) is 2.98. The fourth-order valence-corrected chi connectivity index (χ4v) is 3.83. The first-order valence-electron chi connectivity index (χ1n) is 6.35. The second kappa shape index (κ2) is 4.59. The van der Waals surface area contributed by atoms with Crippen molar-refractivity contribution in [3.63, 3.8) is 0 Å². The lowest BCUT2D eigenvalue weighted by atomic mass is 10.3. The lowest BCUT2D eigenvalue weighted by Crippen LogP contribution is -2.27. The number of anilines is 1. The number of fused-ring (bicyclic) bond motifs is 1. The van der Waals surface area contributed by atoms with Crippen molar-refractivity contribution < 1.29 is 8.42 Å². The molecule has 0 radical (unpaired) electrons. The van der Waals surface area contributed by atoms with Crippen LogP contribution in [0.3, 0.4) is 0 Å². The minimum atomic E-state index is -3.66. The molecule has 0 spiro atoms. The van der Waals surface area contributed by atoms with Crippen LogP contribution in [0.15, 0.2) is 29.4 Å². The zero-order valence-electron chi connectivity index (χ0n) is 11.9. The van der Waals surface area contributed by atoms with Gasteiger partial charge in [-0.2, -0.15) is 5.10 Å². The second-order valence-corrected chi connectivity index (χ2v) is 6.75. The van der Waals surface area contributed by atoms with Crippen LogP contribution in [0.5, 0.6) is 0 Å². The topological polar surface area (TPSA) is 94.7 Å². The maximum Gasteiger partial charge on any atom is 0.267 e. The molecule has 2 N–H and O–H groups in total. The van der Waals surface area contributed by atoms with Gasteiger partial charge in [0.05, 0.1) is 34.4 Å². The van der Waals surface area contributed by atoms with Crippen LogP contribution in [-0.2, 0) is 10.0 Å². The van der Waals surface area contributed by atoms with E-state index in [2.05, 4.69) is 20.2 Å². The SMILES string of the molecule is Cc1n[nH]c(C)c1S(=O)(=O)N(C)c1ccc2nc[nH]c2c1. The van der Waals surface area contributed by atoms with Gasteiger partial charge in [0.1, 0.15) is 4.90 Å². The highest BCUT2D eigenvalue weighted by atomic mass is 32.2. The first-order valence-corrected chi connectivity index (χ1v) is 7.79. The molecular weight excluding hydrogens is 290 g/mol. The molecule has 0 fully saturated rings. The molecule has 0 atom stereocenters. The maximum absolute atomic E-state index is 12.7. The molecule has 8 heteroatoms. The number of H-pyrrole nitrogens is 2. The molecule has 0 bridgehead atoms. The Morgan fingerprint density at radius 3 is 2.67 bits per heavy atom. The van der Waals surface area contributed by atoms with Gasteiger partial charge in [0.25, 0.3) is 10.0 Å². The maximum atomic E-state index is 12.7. The number of nitrogens with zero attached hydrogens (tertiary/aromatic N) is 3. The smallest absolute Gasteiger partial charge is 0.267 e. The van der Waals surface area contributed by atoms with E-state index in [1.54, 1.807) is 38.4 Å². The number of benzene rings is 1. The molecule has 7 nitrogen and oxygen atoms in total. The quantitative estimate of drug-likeness (QED) is 0.770. The largest absolute Gasteiger partial charge is 0.345 e. The normalized spacial score (nSPS) is 12.0. The summed E-state index contributed by atoms with van der Waals surface area (Å²) in [6.45, 7) is 3.36. The van der Waals surface area contributed by atoms with Gasteiger partial charge in [0, 0.05) is 7.05 Å². The molecule has 2 aromatic heterocycles. The van der Waals surface area contributed by atoms with E-state index >= 15 is 0 Å². The zero-order valence-corrected chi connectivity index (χ0v) is 12.7. The number of rotatable bonds is 3. The Bertz CT molecular complexity index is 890. The molecule has 0 saturated carbocycles. The highest BCUT2D eigenvalue weighted by Crippen LogP contribution is 2.27. The first-order chi connectivity index (χ1) is 9.91. The van der Waals surface area contributed by atoms with Gasteiger partial charge in [0.2, 0.25) is 0 Å². The molecule has 110 valence electrons. The van der Waals surface area contributed by atoms with Gasteiger partial charge in [-0.25, -0.2) is 13.4 Å². The van der Waals surface area contributed by atoms with E-state index in [1.165, 1.54) is 11.4 Å². The fourth-order valence-electron chi connectivity index (χ4n) is 2.32. The van der Waals surface area contributed by atoms with Gasteiger partial charge < -0.3 is 4.98 Å². The third-order valence-electron chi connectivity index (χ3n) is 3.45. The Hall–Kier alpha value is -2.35. The summed E-state index contributed by atoms with van der Waals surface area (Å²) in [5.74, 6) is 0. The molecule has 0 amide bonds. The van der Waals surface area contributed by atoms with Gasteiger partial charge in [-0.3, -0.25) is 9.40 Å². The summed E-state index contributed by atoms with van der Waals surface area (Å²) in [6, 6.07) is 5.26. The molecule has 0 saturated heterocycles. The lowest BCUT2D eigenvalue weighted by Gasteiger charge is -2.19. The molecule has 2 heterocycles. The fraction of sp³-hybridized carbons (Fsp3) is 0.231. The highest BCUT2D eigenvalue weighted by molar-refractivity contribution is 7.92. The van der Waals surface area contributed by atoms with Gasteiger partial charge >= 0.3 is 0 Å². The second-order valence-electron chi connectivity index (χ2n) is 4.84. The third-order valence-corrected chi connectivity index (χ3v) is 5.50. The minimum Gasteiger partial charge on any atom is -0.345 e. The molecule has 3 aromatic rings. The highest BCUT2D eigenvalue weighted by Gasteiger charge is 2.27. The monoisotopic (exact) mass is 305 g/mol. The van der Waals surface area contributed by atoms with Gasteiger partial charge in [-0.15, -0.1) is 0 Å². The number of aryl methyl sites for hydroxylation is 2. The number of aromatic amines is 2. The number of aromatic nitrogens is 4. The summed E-state index contributed by atoms with van der Waals surface area (Å²) in [7, 11) is -2.13. The average Bonchev–Trinajstić information content (AvgIpc) is 3.03. The van der Waals surface area contributed by atoms with Gasteiger partial charge in [-0.1, -0.05) is 0 Å². The molecule has 3 rings (SSSR count). The van der Waals surface area contributed by atoms with Crippen LogP contribution in [0.25, 0.3) is 11.0 Å². The van der Waals surface area contributed by atoms with Crippen molar-refractivity contribution in [3.05, 3.63) is 35.9 Å². The number of nitrogens with one attached hydrogen (secondary N) is 2. The molecule has 1 aromatic carbocycles. The van der Waals surface area contributed by atoms with Crippen LogP contribution < -0.4 is 4.31 Å². The molecule has 21 heavy (non-hydrogen) atoms. The molecule has 0 aliphatic carbocycles. The molecule has 0 unspecified atom stereocenters. The molecular formula is C13H15N5O2S. The van der Waals surface area contributed by atoms with Crippen molar-refractivity contribution >= 4 is 26.7 Å². The van der Waals surface area contributed by atoms with Crippen LogP contribution in [-0.4, -0.2) is 35.6 Å². The summed E-state index contributed by atoms with van der Waals surface area (Å²) < 4.78 is 26.7. The number of imidazole rings is 1. The molecule has 0 aliphatic heterocycles. The van der Waals surface area contributed by atoms with Crippen molar-refractivity contribution in [3.8, 4) is 0 Å². The standard InChI is InChI=1S/C13H15N5O2S/c1-8-13(9(2)17-16-8)21(19,20)18(3)10-4-5-11-12(6-10)15-7-14-11/h4-7H,1-3H3,(H,14,15)(H,16,17). The van der Waals surface area contributed by atoms with E-state index in [0.29, 0.717) is 17.1 Å². The summed E-state index contributed by atoms with van der Waals surface area (Å²) >= 11 is 0. The van der Waals surface area contributed by atoms with E-state index in [9.17, 15) is 8.42 Å².